The maximum Gasteiger partial charge on any atom is 0.330 e. The van der Waals surface area contributed by atoms with Crippen LogP contribution >= 0.6 is 11.6 Å². The molecule has 1 aromatic heterocycles. The first-order valence-electron chi connectivity index (χ1n) is 12.2. The van der Waals surface area contributed by atoms with Crippen molar-refractivity contribution in [1.29, 1.82) is 0 Å². The molecule has 3 rings (SSSR count). The Bertz CT molecular complexity index is 1100. The van der Waals surface area contributed by atoms with E-state index >= 15 is 0 Å². The fraction of sp³-hybridized carbons (Fsp3) is 0.560. The number of carbonyl (C=O) groups excluding carboxylic acids is 1. The summed E-state index contributed by atoms with van der Waals surface area (Å²) in [5.41, 5.74) is 6.34. The van der Waals surface area contributed by atoms with Gasteiger partial charge in [-0.15, -0.1) is 0 Å². The molecule has 0 aliphatic heterocycles. The maximum absolute atomic E-state index is 13.8. The van der Waals surface area contributed by atoms with E-state index in [9.17, 15) is 14.4 Å². The highest BCUT2D eigenvalue weighted by Gasteiger charge is 2.33. The number of anilines is 2. The number of benzene rings is 1. The van der Waals surface area contributed by atoms with E-state index in [0.29, 0.717) is 18.1 Å². The molecule has 1 aliphatic rings. The van der Waals surface area contributed by atoms with Crippen LogP contribution < -0.4 is 21.9 Å². The molecule has 34 heavy (non-hydrogen) atoms. The molecule has 0 unspecified atom stereocenters. The van der Waals surface area contributed by atoms with Gasteiger partial charge in [0.2, 0.25) is 5.91 Å². The van der Waals surface area contributed by atoms with E-state index in [0.717, 1.165) is 44.1 Å². The summed E-state index contributed by atoms with van der Waals surface area (Å²) in [5.74, 6) is -0.131. The minimum Gasteiger partial charge on any atom is -0.383 e. The normalized spacial score (nSPS) is 14.3. The standard InChI is InChI=1S/C25H36ClN5O3/c1-4-5-13-30-23(27)22(24(33)28-25(30)34)31(20-11-6-7-12-20)21(32)16-29(17(2)3)15-18-9-8-10-19(26)14-18/h8-10,14,17,20H,4-7,11-13,15-16,27H2,1-3H3,(H,28,33,34). The van der Waals surface area contributed by atoms with Gasteiger partial charge in [0, 0.05) is 30.2 Å². The molecule has 0 bridgehead atoms. The van der Waals surface area contributed by atoms with Crippen molar-refractivity contribution in [3.05, 3.63) is 55.7 Å². The number of nitrogens with zero attached hydrogens (tertiary/aromatic N) is 3. The summed E-state index contributed by atoms with van der Waals surface area (Å²) in [6.07, 6.45) is 5.19. The summed E-state index contributed by atoms with van der Waals surface area (Å²) >= 11 is 6.16. The van der Waals surface area contributed by atoms with Crippen molar-refractivity contribution >= 4 is 29.0 Å². The van der Waals surface area contributed by atoms with Crippen molar-refractivity contribution < 1.29 is 4.79 Å². The number of hydrogen-bond donors (Lipinski definition) is 2. The van der Waals surface area contributed by atoms with Gasteiger partial charge in [-0.25, -0.2) is 4.79 Å². The average molecular weight is 490 g/mol. The van der Waals surface area contributed by atoms with Crippen LogP contribution in [-0.4, -0.2) is 39.0 Å². The third-order valence-electron chi connectivity index (χ3n) is 6.49. The molecule has 1 saturated carbocycles. The molecular weight excluding hydrogens is 454 g/mol. The van der Waals surface area contributed by atoms with Crippen LogP contribution in [-0.2, 0) is 17.9 Å². The third kappa shape index (κ3) is 6.10. The summed E-state index contributed by atoms with van der Waals surface area (Å²) in [4.78, 5) is 45.2. The summed E-state index contributed by atoms with van der Waals surface area (Å²) in [6, 6.07) is 7.55. The number of halogens is 1. The predicted octanol–water partition coefficient (Wildman–Crippen LogP) is 3.76. The van der Waals surface area contributed by atoms with Gasteiger partial charge in [-0.3, -0.25) is 24.0 Å². The first kappa shape index (κ1) is 26.0. The average Bonchev–Trinajstić information content (AvgIpc) is 3.30. The lowest BCUT2D eigenvalue weighted by molar-refractivity contribution is -0.120. The van der Waals surface area contributed by atoms with Crippen LogP contribution in [0, 0.1) is 0 Å². The first-order chi connectivity index (χ1) is 16.2. The van der Waals surface area contributed by atoms with E-state index in [1.165, 1.54) is 4.57 Å². The summed E-state index contributed by atoms with van der Waals surface area (Å²) in [5, 5.41) is 0.647. The minimum absolute atomic E-state index is 0.0633. The fourth-order valence-electron chi connectivity index (χ4n) is 4.56. The number of hydrogen-bond acceptors (Lipinski definition) is 5. The molecule has 1 heterocycles. The molecule has 0 spiro atoms. The van der Waals surface area contributed by atoms with Crippen molar-refractivity contribution in [1.82, 2.24) is 14.5 Å². The number of rotatable bonds is 10. The number of nitrogens with two attached hydrogens (primary N) is 1. The van der Waals surface area contributed by atoms with Crippen molar-refractivity contribution in [2.45, 2.75) is 84.5 Å². The van der Waals surface area contributed by atoms with E-state index in [2.05, 4.69) is 4.98 Å². The zero-order valence-electron chi connectivity index (χ0n) is 20.3. The zero-order valence-corrected chi connectivity index (χ0v) is 21.1. The molecule has 1 aliphatic carbocycles. The van der Waals surface area contributed by atoms with E-state index in [1.807, 2.05) is 49.9 Å². The Labute approximate surface area is 205 Å². The topological polar surface area (TPSA) is 104 Å². The Hall–Kier alpha value is -2.58. The van der Waals surface area contributed by atoms with Gasteiger partial charge in [-0.2, -0.15) is 0 Å². The summed E-state index contributed by atoms with van der Waals surface area (Å²) < 4.78 is 1.38. The van der Waals surface area contributed by atoms with Gasteiger partial charge < -0.3 is 10.6 Å². The highest BCUT2D eigenvalue weighted by Crippen LogP contribution is 2.30. The molecule has 1 amide bonds. The fourth-order valence-corrected chi connectivity index (χ4v) is 4.78. The van der Waals surface area contributed by atoms with E-state index in [4.69, 9.17) is 17.3 Å². The quantitative estimate of drug-likeness (QED) is 0.528. The largest absolute Gasteiger partial charge is 0.383 e. The Morgan fingerprint density at radius 3 is 2.59 bits per heavy atom. The molecule has 0 saturated heterocycles. The molecule has 9 heteroatoms. The third-order valence-corrected chi connectivity index (χ3v) is 6.73. The molecule has 3 N–H and O–H groups in total. The SMILES string of the molecule is CCCCn1c(N)c(N(C(=O)CN(Cc2cccc(Cl)c2)C(C)C)C2CCCC2)c(=O)[nH]c1=O. The predicted molar refractivity (Wildman–Crippen MR) is 137 cm³/mol. The number of aromatic amines is 1. The van der Waals surface area contributed by atoms with E-state index < -0.39 is 11.2 Å². The lowest BCUT2D eigenvalue weighted by Gasteiger charge is -2.33. The molecule has 186 valence electrons. The van der Waals surface area contributed by atoms with Gasteiger partial charge in [-0.1, -0.05) is 49.9 Å². The molecular formula is C25H36ClN5O3. The van der Waals surface area contributed by atoms with Crippen LogP contribution in [0.5, 0.6) is 0 Å². The number of unbranched alkanes of at least 4 members (excludes halogenated alkanes) is 1. The number of H-pyrrole nitrogens is 1. The molecule has 1 fully saturated rings. The number of nitrogens with one attached hydrogen (secondary N) is 1. The highest BCUT2D eigenvalue weighted by atomic mass is 35.5. The van der Waals surface area contributed by atoms with Gasteiger partial charge in [0.25, 0.3) is 5.56 Å². The van der Waals surface area contributed by atoms with Gasteiger partial charge in [0.1, 0.15) is 5.82 Å². The van der Waals surface area contributed by atoms with E-state index in [1.54, 1.807) is 4.90 Å². The Morgan fingerprint density at radius 2 is 1.97 bits per heavy atom. The second-order valence-electron chi connectivity index (χ2n) is 9.33. The van der Waals surface area contributed by atoms with Crippen LogP contribution in [0.3, 0.4) is 0 Å². The number of amides is 1. The van der Waals surface area contributed by atoms with Gasteiger partial charge in [0.15, 0.2) is 5.69 Å². The molecule has 8 nitrogen and oxygen atoms in total. The first-order valence-corrected chi connectivity index (χ1v) is 12.5. The van der Waals surface area contributed by atoms with Gasteiger partial charge in [0.05, 0.1) is 6.54 Å². The summed E-state index contributed by atoms with van der Waals surface area (Å²) in [7, 11) is 0. The smallest absolute Gasteiger partial charge is 0.330 e. The molecule has 2 aromatic rings. The van der Waals surface area contributed by atoms with Crippen LogP contribution in [0.2, 0.25) is 5.02 Å². The zero-order chi connectivity index (χ0) is 24.8. The lowest BCUT2D eigenvalue weighted by Crippen LogP contribution is -2.50. The van der Waals surface area contributed by atoms with Crippen molar-refractivity contribution in [2.24, 2.45) is 0 Å². The minimum atomic E-state index is -0.610. The summed E-state index contributed by atoms with van der Waals surface area (Å²) in [6.45, 7) is 7.14. The molecule has 0 radical (unpaired) electrons. The Morgan fingerprint density at radius 1 is 1.26 bits per heavy atom. The molecule has 1 aromatic carbocycles. The van der Waals surface area contributed by atoms with Crippen molar-refractivity contribution in [3.8, 4) is 0 Å². The second kappa shape index (κ2) is 11.7. The van der Waals surface area contributed by atoms with Gasteiger partial charge in [-0.05, 0) is 50.8 Å². The Kier molecular flexibility index (Phi) is 8.97. The number of aromatic nitrogens is 2. The maximum atomic E-state index is 13.8. The lowest BCUT2D eigenvalue weighted by atomic mass is 10.1. The van der Waals surface area contributed by atoms with Crippen LogP contribution in [0.1, 0.15) is 64.9 Å². The Balaban J connectivity index is 1.97. The monoisotopic (exact) mass is 489 g/mol. The van der Waals surface area contributed by atoms with Gasteiger partial charge >= 0.3 is 5.69 Å². The molecule has 0 atom stereocenters. The van der Waals surface area contributed by atoms with Crippen LogP contribution in [0.15, 0.2) is 33.9 Å². The van der Waals surface area contributed by atoms with Crippen LogP contribution in [0.4, 0.5) is 11.5 Å². The second-order valence-corrected chi connectivity index (χ2v) is 9.77. The van der Waals surface area contributed by atoms with Crippen LogP contribution in [0.25, 0.3) is 0 Å². The van der Waals surface area contributed by atoms with Crippen molar-refractivity contribution in [3.63, 3.8) is 0 Å². The van der Waals surface area contributed by atoms with Crippen molar-refractivity contribution in [2.75, 3.05) is 17.2 Å². The highest BCUT2D eigenvalue weighted by molar-refractivity contribution is 6.30. The number of nitrogen functional groups attached to an aromatic ring is 1. The van der Waals surface area contributed by atoms with E-state index in [-0.39, 0.29) is 36.0 Å². The number of carbonyl (C=O) groups is 1.